The van der Waals surface area contributed by atoms with Gasteiger partial charge in [-0.25, -0.2) is 9.18 Å². The van der Waals surface area contributed by atoms with E-state index in [2.05, 4.69) is 0 Å². The van der Waals surface area contributed by atoms with Crippen molar-refractivity contribution in [3.63, 3.8) is 0 Å². The molecule has 0 saturated heterocycles. The first-order valence-electron chi connectivity index (χ1n) is 8.81. The molecule has 142 valence electrons. The molecule has 1 aliphatic carbocycles. The number of thiophene rings is 1. The standard InChI is InChI=1S/C22H17FO4S/c1-26-15-8-9-16-13(10-15)6-7-14-11-20(28-21(14)16)22(25)27-12-19(24)17-4-2-3-5-18(17)23/h2-5,8-11H,6-7,12H2,1H3. The fourth-order valence-corrected chi connectivity index (χ4v) is 4.47. The van der Waals surface area contributed by atoms with E-state index < -0.39 is 24.2 Å². The number of fused-ring (bicyclic) bond motifs is 3. The molecular formula is C22H17FO4S. The van der Waals surface area contributed by atoms with E-state index in [1.54, 1.807) is 13.2 Å². The lowest BCUT2D eigenvalue weighted by molar-refractivity contribution is 0.0478. The predicted octanol–water partition coefficient (Wildman–Crippen LogP) is 4.70. The average Bonchev–Trinajstić information content (AvgIpc) is 3.16. The van der Waals surface area contributed by atoms with Crippen LogP contribution in [0, 0.1) is 5.82 Å². The van der Waals surface area contributed by atoms with Gasteiger partial charge in [-0.1, -0.05) is 12.1 Å². The largest absolute Gasteiger partial charge is 0.497 e. The van der Waals surface area contributed by atoms with Crippen LogP contribution in [0.3, 0.4) is 0 Å². The molecule has 0 N–H and O–H groups in total. The molecule has 6 heteroatoms. The summed E-state index contributed by atoms with van der Waals surface area (Å²) in [6, 6.07) is 13.4. The molecule has 0 bridgehead atoms. The summed E-state index contributed by atoms with van der Waals surface area (Å²) >= 11 is 1.35. The second-order valence-electron chi connectivity index (χ2n) is 6.47. The number of carbonyl (C=O) groups is 2. The summed E-state index contributed by atoms with van der Waals surface area (Å²) in [6.07, 6.45) is 1.70. The zero-order chi connectivity index (χ0) is 19.7. The van der Waals surface area contributed by atoms with Crippen molar-refractivity contribution in [1.82, 2.24) is 0 Å². The summed E-state index contributed by atoms with van der Waals surface area (Å²) in [5.41, 5.74) is 3.29. The van der Waals surface area contributed by atoms with E-state index >= 15 is 0 Å². The lowest BCUT2D eigenvalue weighted by atomic mass is 9.91. The van der Waals surface area contributed by atoms with Crippen LogP contribution in [-0.4, -0.2) is 25.5 Å². The molecule has 1 aliphatic rings. The molecule has 2 aromatic carbocycles. The van der Waals surface area contributed by atoms with Crippen molar-refractivity contribution >= 4 is 23.1 Å². The second-order valence-corrected chi connectivity index (χ2v) is 7.52. The van der Waals surface area contributed by atoms with Crippen LogP contribution >= 0.6 is 11.3 Å². The van der Waals surface area contributed by atoms with E-state index in [-0.39, 0.29) is 5.56 Å². The van der Waals surface area contributed by atoms with Gasteiger partial charge in [0.05, 0.1) is 12.7 Å². The minimum Gasteiger partial charge on any atom is -0.497 e. The Morgan fingerprint density at radius 3 is 2.64 bits per heavy atom. The van der Waals surface area contributed by atoms with Gasteiger partial charge in [0, 0.05) is 4.88 Å². The Hall–Kier alpha value is -2.99. The molecule has 0 radical (unpaired) electrons. The number of esters is 1. The highest BCUT2D eigenvalue weighted by molar-refractivity contribution is 7.17. The summed E-state index contributed by atoms with van der Waals surface area (Å²) < 4.78 is 24.1. The van der Waals surface area contributed by atoms with Crippen LogP contribution in [-0.2, 0) is 17.6 Å². The molecule has 4 rings (SSSR count). The second kappa shape index (κ2) is 7.56. The molecule has 0 atom stereocenters. The van der Waals surface area contributed by atoms with Gasteiger partial charge in [0.15, 0.2) is 6.61 Å². The van der Waals surface area contributed by atoms with E-state index in [9.17, 15) is 14.0 Å². The van der Waals surface area contributed by atoms with Crippen LogP contribution in [0.2, 0.25) is 0 Å². The Morgan fingerprint density at radius 2 is 1.86 bits per heavy atom. The molecule has 0 amide bonds. The molecular weight excluding hydrogens is 379 g/mol. The number of aryl methyl sites for hydroxylation is 2. The van der Waals surface area contributed by atoms with Crippen LogP contribution in [0.5, 0.6) is 5.75 Å². The Kier molecular flexibility index (Phi) is 4.96. The monoisotopic (exact) mass is 396 g/mol. The lowest BCUT2D eigenvalue weighted by Gasteiger charge is -2.16. The van der Waals surface area contributed by atoms with Crippen LogP contribution in [0.25, 0.3) is 10.4 Å². The maximum atomic E-state index is 13.7. The summed E-state index contributed by atoms with van der Waals surface area (Å²) in [4.78, 5) is 26.0. The van der Waals surface area contributed by atoms with Crippen molar-refractivity contribution in [3.05, 3.63) is 75.9 Å². The topological polar surface area (TPSA) is 52.6 Å². The van der Waals surface area contributed by atoms with Crippen molar-refractivity contribution < 1.29 is 23.5 Å². The van der Waals surface area contributed by atoms with Crippen molar-refractivity contribution in [3.8, 4) is 16.2 Å². The van der Waals surface area contributed by atoms with Gasteiger partial charge in [0.1, 0.15) is 16.4 Å². The Balaban J connectivity index is 1.50. The number of benzene rings is 2. The molecule has 0 spiro atoms. The van der Waals surface area contributed by atoms with Gasteiger partial charge in [0.25, 0.3) is 0 Å². The number of Topliss-reactive ketones (excluding diaryl/α,β-unsaturated/α-hetero) is 1. The van der Waals surface area contributed by atoms with E-state index in [0.29, 0.717) is 4.88 Å². The van der Waals surface area contributed by atoms with Gasteiger partial charge in [-0.05, 0) is 65.9 Å². The molecule has 4 nitrogen and oxygen atoms in total. The number of halogens is 1. The van der Waals surface area contributed by atoms with Crippen LogP contribution < -0.4 is 4.74 Å². The average molecular weight is 396 g/mol. The number of hydrogen-bond acceptors (Lipinski definition) is 5. The number of ether oxygens (including phenoxy) is 2. The molecule has 1 heterocycles. The summed E-state index contributed by atoms with van der Waals surface area (Å²) in [5.74, 6) is -0.948. The quantitative estimate of drug-likeness (QED) is 0.463. The number of methoxy groups -OCH3 is 1. The summed E-state index contributed by atoms with van der Waals surface area (Å²) in [6.45, 7) is -0.490. The number of carbonyl (C=O) groups excluding carboxylic acids is 2. The normalized spacial score (nSPS) is 12.1. The first-order valence-corrected chi connectivity index (χ1v) is 9.63. The predicted molar refractivity (Wildman–Crippen MR) is 105 cm³/mol. The Labute approximate surface area is 165 Å². The van der Waals surface area contributed by atoms with Crippen molar-refractivity contribution in [2.24, 2.45) is 0 Å². The smallest absolute Gasteiger partial charge is 0.348 e. The van der Waals surface area contributed by atoms with Crippen LogP contribution in [0.1, 0.15) is 31.2 Å². The maximum Gasteiger partial charge on any atom is 0.348 e. The SMILES string of the molecule is COc1ccc2c(c1)CCc1cc(C(=O)OCC(=O)c3ccccc3F)sc1-2. The zero-order valence-corrected chi connectivity index (χ0v) is 16.0. The summed E-state index contributed by atoms with van der Waals surface area (Å²) in [5, 5.41) is 0. The van der Waals surface area contributed by atoms with Crippen molar-refractivity contribution in [1.29, 1.82) is 0 Å². The van der Waals surface area contributed by atoms with Crippen LogP contribution in [0.15, 0.2) is 48.5 Å². The minimum absolute atomic E-state index is 0.0800. The third-order valence-electron chi connectivity index (χ3n) is 4.74. The van der Waals surface area contributed by atoms with Gasteiger partial charge in [-0.2, -0.15) is 0 Å². The van der Waals surface area contributed by atoms with Gasteiger partial charge < -0.3 is 9.47 Å². The number of ketones is 1. The molecule has 28 heavy (non-hydrogen) atoms. The Bertz CT molecular complexity index is 1070. The molecule has 0 saturated carbocycles. The molecule has 0 fully saturated rings. The first-order chi connectivity index (χ1) is 13.6. The van der Waals surface area contributed by atoms with E-state index in [1.165, 1.54) is 35.1 Å². The third kappa shape index (κ3) is 3.43. The van der Waals surface area contributed by atoms with Gasteiger partial charge in [-0.15, -0.1) is 11.3 Å². The fourth-order valence-electron chi connectivity index (χ4n) is 3.31. The molecule has 3 aromatic rings. The number of hydrogen-bond donors (Lipinski definition) is 0. The van der Waals surface area contributed by atoms with Crippen LogP contribution in [0.4, 0.5) is 4.39 Å². The van der Waals surface area contributed by atoms with Gasteiger partial charge in [-0.3, -0.25) is 4.79 Å². The third-order valence-corrected chi connectivity index (χ3v) is 5.93. The number of rotatable bonds is 5. The first kappa shape index (κ1) is 18.4. The van der Waals surface area contributed by atoms with Gasteiger partial charge in [0.2, 0.25) is 5.78 Å². The maximum absolute atomic E-state index is 13.7. The lowest BCUT2D eigenvalue weighted by Crippen LogP contribution is -2.14. The van der Waals surface area contributed by atoms with Gasteiger partial charge >= 0.3 is 5.97 Å². The molecule has 1 aromatic heterocycles. The van der Waals surface area contributed by atoms with E-state index in [1.807, 2.05) is 24.3 Å². The van der Waals surface area contributed by atoms with E-state index in [4.69, 9.17) is 9.47 Å². The Morgan fingerprint density at radius 1 is 1.07 bits per heavy atom. The van der Waals surface area contributed by atoms with E-state index in [0.717, 1.165) is 34.6 Å². The van der Waals surface area contributed by atoms with Crippen molar-refractivity contribution in [2.75, 3.05) is 13.7 Å². The zero-order valence-electron chi connectivity index (χ0n) is 15.2. The molecule has 0 unspecified atom stereocenters. The fraction of sp³-hybridized carbons (Fsp3) is 0.182. The highest BCUT2D eigenvalue weighted by atomic mass is 32.1. The highest BCUT2D eigenvalue weighted by Gasteiger charge is 2.23. The van der Waals surface area contributed by atoms with Crippen molar-refractivity contribution in [2.45, 2.75) is 12.8 Å². The summed E-state index contributed by atoms with van der Waals surface area (Å²) in [7, 11) is 1.64. The highest BCUT2D eigenvalue weighted by Crippen LogP contribution is 2.41. The molecule has 0 aliphatic heterocycles. The minimum atomic E-state index is -0.623.